The number of carbonyl (C=O) groups excluding carboxylic acids is 1. The van der Waals surface area contributed by atoms with E-state index in [4.69, 9.17) is 15.2 Å². The minimum absolute atomic E-state index is 0.191. The van der Waals surface area contributed by atoms with Gasteiger partial charge in [-0.15, -0.1) is 0 Å². The molecular weight excluding hydrogens is 218 g/mol. The lowest BCUT2D eigenvalue weighted by molar-refractivity contribution is -0.145. The van der Waals surface area contributed by atoms with E-state index < -0.39 is 0 Å². The Labute approximate surface area is 102 Å². The van der Waals surface area contributed by atoms with E-state index in [1.165, 1.54) is 0 Å². The zero-order valence-corrected chi connectivity index (χ0v) is 10.1. The van der Waals surface area contributed by atoms with Crippen molar-refractivity contribution in [2.45, 2.75) is 19.4 Å². The molecule has 1 aromatic carbocycles. The van der Waals surface area contributed by atoms with E-state index in [2.05, 4.69) is 0 Å². The molecule has 4 nitrogen and oxygen atoms in total. The normalized spacial score (nSPS) is 12.1. The van der Waals surface area contributed by atoms with E-state index in [1.54, 1.807) is 0 Å². The van der Waals surface area contributed by atoms with Gasteiger partial charge in [-0.05, 0) is 12.5 Å². The van der Waals surface area contributed by atoms with Gasteiger partial charge in [-0.2, -0.15) is 0 Å². The predicted molar refractivity (Wildman–Crippen MR) is 65.4 cm³/mol. The van der Waals surface area contributed by atoms with Gasteiger partial charge in [0.15, 0.2) is 0 Å². The average Bonchev–Trinajstić information content (AvgIpc) is 2.36. The van der Waals surface area contributed by atoms with Crippen LogP contribution in [0.1, 0.15) is 24.9 Å². The summed E-state index contributed by atoms with van der Waals surface area (Å²) in [5.41, 5.74) is 6.83. The number of rotatable bonds is 7. The van der Waals surface area contributed by atoms with Crippen LogP contribution in [0.15, 0.2) is 30.3 Å². The van der Waals surface area contributed by atoms with Gasteiger partial charge in [0.2, 0.25) is 0 Å². The maximum absolute atomic E-state index is 11.4. The molecule has 17 heavy (non-hydrogen) atoms. The Hall–Kier alpha value is -1.39. The number of carbonyl (C=O) groups is 1. The summed E-state index contributed by atoms with van der Waals surface area (Å²) >= 11 is 0. The Morgan fingerprint density at radius 2 is 2.00 bits per heavy atom. The molecule has 0 amide bonds. The topological polar surface area (TPSA) is 61.5 Å². The van der Waals surface area contributed by atoms with Gasteiger partial charge < -0.3 is 15.2 Å². The smallest absolute Gasteiger partial charge is 0.307 e. The minimum Gasteiger partial charge on any atom is -0.463 e. The van der Waals surface area contributed by atoms with Gasteiger partial charge in [0.1, 0.15) is 6.61 Å². The van der Waals surface area contributed by atoms with Crippen molar-refractivity contribution < 1.29 is 14.3 Å². The van der Waals surface area contributed by atoms with E-state index in [0.29, 0.717) is 13.2 Å². The molecule has 0 aliphatic rings. The number of benzene rings is 1. The molecular formula is C13H19NO3. The van der Waals surface area contributed by atoms with Crippen LogP contribution in [-0.4, -0.2) is 25.8 Å². The van der Waals surface area contributed by atoms with Gasteiger partial charge >= 0.3 is 5.97 Å². The maximum Gasteiger partial charge on any atom is 0.307 e. The van der Waals surface area contributed by atoms with Gasteiger partial charge in [-0.25, -0.2) is 0 Å². The molecule has 0 heterocycles. The Kier molecular flexibility index (Phi) is 6.29. The van der Waals surface area contributed by atoms with E-state index in [0.717, 1.165) is 5.56 Å². The Balaban J connectivity index is 2.26. The van der Waals surface area contributed by atoms with E-state index >= 15 is 0 Å². The number of hydrogen-bond acceptors (Lipinski definition) is 4. The summed E-state index contributed by atoms with van der Waals surface area (Å²) < 4.78 is 10.1. The largest absolute Gasteiger partial charge is 0.463 e. The molecule has 1 aromatic rings. The van der Waals surface area contributed by atoms with Gasteiger partial charge in [0.05, 0.1) is 13.0 Å². The van der Waals surface area contributed by atoms with Crippen LogP contribution in [-0.2, 0) is 14.3 Å². The number of ether oxygens (including phenoxy) is 2. The first-order valence-corrected chi connectivity index (χ1v) is 5.78. The lowest BCUT2D eigenvalue weighted by Crippen LogP contribution is -2.18. The third-order valence-electron chi connectivity index (χ3n) is 2.31. The van der Waals surface area contributed by atoms with Crippen LogP contribution in [0.25, 0.3) is 0 Å². The highest BCUT2D eigenvalue weighted by molar-refractivity contribution is 5.70. The summed E-state index contributed by atoms with van der Waals surface area (Å²) in [4.78, 5) is 11.4. The highest BCUT2D eigenvalue weighted by Crippen LogP contribution is 2.13. The first kappa shape index (κ1) is 13.7. The molecule has 1 unspecified atom stereocenters. The Morgan fingerprint density at radius 1 is 1.29 bits per heavy atom. The third-order valence-corrected chi connectivity index (χ3v) is 2.31. The zero-order valence-electron chi connectivity index (χ0n) is 10.1. The van der Waals surface area contributed by atoms with E-state index in [-0.39, 0.29) is 25.0 Å². The van der Waals surface area contributed by atoms with Crippen molar-refractivity contribution in [3.05, 3.63) is 35.9 Å². The summed E-state index contributed by atoms with van der Waals surface area (Å²) in [5.74, 6) is -0.291. The zero-order chi connectivity index (χ0) is 12.5. The average molecular weight is 237 g/mol. The second-order valence-corrected chi connectivity index (χ2v) is 3.64. The van der Waals surface area contributed by atoms with E-state index in [1.807, 2.05) is 37.3 Å². The van der Waals surface area contributed by atoms with Crippen LogP contribution in [0.4, 0.5) is 0 Å². The van der Waals surface area contributed by atoms with Crippen molar-refractivity contribution >= 4 is 5.97 Å². The third kappa shape index (κ3) is 5.47. The fourth-order valence-corrected chi connectivity index (χ4v) is 1.42. The van der Waals surface area contributed by atoms with Crippen molar-refractivity contribution in [1.29, 1.82) is 0 Å². The van der Waals surface area contributed by atoms with Crippen molar-refractivity contribution in [2.75, 3.05) is 19.8 Å². The van der Waals surface area contributed by atoms with Gasteiger partial charge in [0.25, 0.3) is 0 Å². The van der Waals surface area contributed by atoms with Gasteiger partial charge in [-0.3, -0.25) is 4.79 Å². The molecule has 0 fully saturated rings. The van der Waals surface area contributed by atoms with Crippen molar-refractivity contribution in [3.8, 4) is 0 Å². The Morgan fingerprint density at radius 3 is 2.65 bits per heavy atom. The molecule has 0 spiro atoms. The number of esters is 1. The van der Waals surface area contributed by atoms with Crippen LogP contribution in [0.2, 0.25) is 0 Å². The standard InChI is InChI=1S/C13H19NO3/c1-2-16-8-9-17-13(15)10-12(14)11-6-4-3-5-7-11/h3-7,12H,2,8-10,14H2,1H3. The first-order valence-electron chi connectivity index (χ1n) is 5.78. The second kappa shape index (κ2) is 7.81. The highest BCUT2D eigenvalue weighted by Gasteiger charge is 2.12. The summed E-state index contributed by atoms with van der Waals surface area (Å²) in [6, 6.07) is 9.20. The van der Waals surface area contributed by atoms with Gasteiger partial charge in [0, 0.05) is 12.6 Å². The monoisotopic (exact) mass is 237 g/mol. The molecule has 2 N–H and O–H groups in total. The van der Waals surface area contributed by atoms with E-state index in [9.17, 15) is 4.79 Å². The van der Waals surface area contributed by atoms with Crippen LogP contribution < -0.4 is 5.73 Å². The molecule has 94 valence electrons. The van der Waals surface area contributed by atoms with Crippen LogP contribution in [0.3, 0.4) is 0 Å². The molecule has 1 atom stereocenters. The molecule has 1 rings (SSSR count). The quantitative estimate of drug-likeness (QED) is 0.578. The van der Waals surface area contributed by atoms with Crippen LogP contribution in [0.5, 0.6) is 0 Å². The summed E-state index contributed by atoms with van der Waals surface area (Å²) in [5, 5.41) is 0. The predicted octanol–water partition coefficient (Wildman–Crippen LogP) is 1.66. The summed E-state index contributed by atoms with van der Waals surface area (Å²) in [6.07, 6.45) is 0.191. The van der Waals surface area contributed by atoms with Crippen molar-refractivity contribution in [2.24, 2.45) is 5.73 Å². The lowest BCUT2D eigenvalue weighted by Gasteiger charge is -2.11. The minimum atomic E-state index is -0.309. The molecule has 0 saturated carbocycles. The fraction of sp³-hybridized carbons (Fsp3) is 0.462. The Bertz CT molecular complexity index is 327. The highest BCUT2D eigenvalue weighted by atomic mass is 16.6. The summed E-state index contributed by atoms with van der Waals surface area (Å²) in [7, 11) is 0. The first-order chi connectivity index (χ1) is 8.24. The van der Waals surface area contributed by atoms with Crippen LogP contribution in [0, 0.1) is 0 Å². The second-order valence-electron chi connectivity index (χ2n) is 3.64. The van der Waals surface area contributed by atoms with Crippen molar-refractivity contribution in [3.63, 3.8) is 0 Å². The molecule has 0 aliphatic carbocycles. The van der Waals surface area contributed by atoms with Crippen LogP contribution >= 0.6 is 0 Å². The molecule has 4 heteroatoms. The lowest BCUT2D eigenvalue weighted by atomic mass is 10.1. The molecule has 0 bridgehead atoms. The van der Waals surface area contributed by atoms with Gasteiger partial charge in [-0.1, -0.05) is 30.3 Å². The SMILES string of the molecule is CCOCCOC(=O)CC(N)c1ccccc1. The number of hydrogen-bond donors (Lipinski definition) is 1. The molecule has 0 aromatic heterocycles. The summed E-state index contributed by atoms with van der Waals surface area (Å²) in [6.45, 7) is 3.24. The molecule has 0 radical (unpaired) electrons. The fourth-order valence-electron chi connectivity index (χ4n) is 1.42. The number of nitrogens with two attached hydrogens (primary N) is 1. The maximum atomic E-state index is 11.4. The molecule has 0 saturated heterocycles. The van der Waals surface area contributed by atoms with Crippen molar-refractivity contribution in [1.82, 2.24) is 0 Å². The molecule has 0 aliphatic heterocycles.